The van der Waals surface area contributed by atoms with Crippen molar-refractivity contribution in [1.82, 2.24) is 15.3 Å². The molecule has 0 bridgehead atoms. The van der Waals surface area contributed by atoms with Crippen LogP contribution in [-0.4, -0.2) is 14.9 Å². The smallest absolute Gasteiger partial charge is 0.270 e. The standard InChI is InChI=1S/C15H16N4O2/c1-9(2)14-12-7-16-8-13(12)17-15(18-14)10-4-3-5-11(6-10)19(20)21/h3-6,9,16H,7-8H2,1-2H3. The molecule has 1 aromatic heterocycles. The van der Waals surface area contributed by atoms with E-state index in [0.717, 1.165) is 24.5 Å². The quantitative estimate of drug-likeness (QED) is 0.692. The summed E-state index contributed by atoms with van der Waals surface area (Å²) in [7, 11) is 0. The van der Waals surface area contributed by atoms with E-state index in [9.17, 15) is 10.1 Å². The number of non-ortho nitro benzene ring substituents is 1. The maximum absolute atomic E-state index is 10.9. The van der Waals surface area contributed by atoms with Crippen LogP contribution < -0.4 is 5.32 Å². The number of nitro benzene ring substituents is 1. The molecule has 1 aliphatic heterocycles. The van der Waals surface area contributed by atoms with E-state index in [4.69, 9.17) is 0 Å². The molecule has 0 fully saturated rings. The van der Waals surface area contributed by atoms with Gasteiger partial charge in [-0.2, -0.15) is 0 Å². The molecular formula is C15H16N4O2. The largest absolute Gasteiger partial charge is 0.307 e. The molecule has 0 atom stereocenters. The summed E-state index contributed by atoms with van der Waals surface area (Å²) in [5, 5.41) is 14.2. The van der Waals surface area contributed by atoms with Crippen molar-refractivity contribution >= 4 is 5.69 Å². The average Bonchev–Trinajstić information content (AvgIpc) is 2.94. The van der Waals surface area contributed by atoms with Crippen LogP contribution in [0.25, 0.3) is 11.4 Å². The second kappa shape index (κ2) is 5.21. The first-order valence-corrected chi connectivity index (χ1v) is 6.91. The van der Waals surface area contributed by atoms with Crippen molar-refractivity contribution in [2.45, 2.75) is 32.9 Å². The van der Waals surface area contributed by atoms with Crippen LogP contribution in [-0.2, 0) is 13.1 Å². The van der Waals surface area contributed by atoms with Gasteiger partial charge in [0.25, 0.3) is 5.69 Å². The topological polar surface area (TPSA) is 81.0 Å². The van der Waals surface area contributed by atoms with Gasteiger partial charge in [-0.25, -0.2) is 9.97 Å². The van der Waals surface area contributed by atoms with Crippen molar-refractivity contribution in [2.24, 2.45) is 0 Å². The zero-order chi connectivity index (χ0) is 15.0. The van der Waals surface area contributed by atoms with Crippen LogP contribution in [0, 0.1) is 10.1 Å². The predicted molar refractivity (Wildman–Crippen MR) is 78.8 cm³/mol. The highest BCUT2D eigenvalue weighted by atomic mass is 16.6. The molecule has 0 amide bonds. The van der Waals surface area contributed by atoms with Gasteiger partial charge < -0.3 is 5.32 Å². The molecule has 0 saturated carbocycles. The van der Waals surface area contributed by atoms with Crippen LogP contribution in [0.1, 0.15) is 36.7 Å². The normalized spacial score (nSPS) is 13.5. The fourth-order valence-corrected chi connectivity index (χ4v) is 2.56. The van der Waals surface area contributed by atoms with Gasteiger partial charge in [0.05, 0.1) is 16.3 Å². The molecule has 6 nitrogen and oxygen atoms in total. The number of nitro groups is 1. The van der Waals surface area contributed by atoms with E-state index in [1.165, 1.54) is 17.7 Å². The van der Waals surface area contributed by atoms with Crippen molar-refractivity contribution < 1.29 is 4.92 Å². The summed E-state index contributed by atoms with van der Waals surface area (Å²) in [5.74, 6) is 0.851. The summed E-state index contributed by atoms with van der Waals surface area (Å²) in [6.45, 7) is 5.70. The SMILES string of the molecule is CC(C)c1nc(-c2cccc([N+](=O)[O-])c2)nc2c1CNC2. The van der Waals surface area contributed by atoms with Crippen molar-refractivity contribution in [3.63, 3.8) is 0 Å². The van der Waals surface area contributed by atoms with E-state index in [2.05, 4.69) is 29.1 Å². The van der Waals surface area contributed by atoms with E-state index in [0.29, 0.717) is 17.3 Å². The third kappa shape index (κ3) is 2.50. The Morgan fingerprint density at radius 2 is 2.10 bits per heavy atom. The number of hydrogen-bond donors (Lipinski definition) is 1. The molecule has 0 spiro atoms. The predicted octanol–water partition coefficient (Wildman–Crippen LogP) is 2.78. The van der Waals surface area contributed by atoms with Crippen LogP contribution in [0.15, 0.2) is 24.3 Å². The number of nitrogens with one attached hydrogen (secondary N) is 1. The minimum Gasteiger partial charge on any atom is -0.307 e. The van der Waals surface area contributed by atoms with E-state index in [1.807, 2.05) is 0 Å². The Bertz CT molecular complexity index is 713. The van der Waals surface area contributed by atoms with E-state index >= 15 is 0 Å². The lowest BCUT2D eigenvalue weighted by atomic mass is 10.0. The third-order valence-corrected chi connectivity index (χ3v) is 3.58. The van der Waals surface area contributed by atoms with Gasteiger partial charge in [-0.3, -0.25) is 10.1 Å². The van der Waals surface area contributed by atoms with E-state index in [1.54, 1.807) is 12.1 Å². The minimum atomic E-state index is -0.401. The molecule has 2 heterocycles. The molecule has 3 rings (SSSR count). The molecule has 2 aromatic rings. The maximum atomic E-state index is 10.9. The fraction of sp³-hybridized carbons (Fsp3) is 0.333. The monoisotopic (exact) mass is 284 g/mol. The number of fused-ring (bicyclic) bond motifs is 1. The van der Waals surface area contributed by atoms with Crippen molar-refractivity contribution in [3.8, 4) is 11.4 Å². The van der Waals surface area contributed by atoms with Crippen LogP contribution in [0.2, 0.25) is 0 Å². The van der Waals surface area contributed by atoms with Crippen molar-refractivity contribution in [1.29, 1.82) is 0 Å². The lowest BCUT2D eigenvalue weighted by Gasteiger charge is -2.12. The molecule has 1 aromatic carbocycles. The highest BCUT2D eigenvalue weighted by Gasteiger charge is 2.21. The second-order valence-electron chi connectivity index (χ2n) is 5.42. The Balaban J connectivity index is 2.13. The first-order chi connectivity index (χ1) is 10.1. The molecule has 0 unspecified atom stereocenters. The van der Waals surface area contributed by atoms with Crippen LogP contribution in [0.3, 0.4) is 0 Å². The van der Waals surface area contributed by atoms with E-state index < -0.39 is 4.92 Å². The molecule has 108 valence electrons. The van der Waals surface area contributed by atoms with Crippen LogP contribution in [0.5, 0.6) is 0 Å². The van der Waals surface area contributed by atoms with Crippen molar-refractivity contribution in [3.05, 3.63) is 51.3 Å². The number of hydrogen-bond acceptors (Lipinski definition) is 5. The summed E-state index contributed by atoms with van der Waals surface area (Å²) in [6, 6.07) is 6.47. The highest BCUT2D eigenvalue weighted by Crippen LogP contribution is 2.28. The van der Waals surface area contributed by atoms with Crippen LogP contribution >= 0.6 is 0 Å². The number of benzene rings is 1. The van der Waals surface area contributed by atoms with Gasteiger partial charge in [-0.15, -0.1) is 0 Å². The fourth-order valence-electron chi connectivity index (χ4n) is 2.56. The number of aromatic nitrogens is 2. The Morgan fingerprint density at radius 1 is 1.29 bits per heavy atom. The van der Waals surface area contributed by atoms with Crippen LogP contribution in [0.4, 0.5) is 5.69 Å². The summed E-state index contributed by atoms with van der Waals surface area (Å²) >= 11 is 0. The molecule has 0 saturated heterocycles. The van der Waals surface area contributed by atoms with Gasteiger partial charge in [-0.1, -0.05) is 26.0 Å². The molecule has 21 heavy (non-hydrogen) atoms. The summed E-state index contributed by atoms with van der Waals surface area (Å²) in [6.07, 6.45) is 0. The minimum absolute atomic E-state index is 0.0563. The molecule has 1 aliphatic rings. The average molecular weight is 284 g/mol. The van der Waals surface area contributed by atoms with Gasteiger partial charge in [0, 0.05) is 36.3 Å². The lowest BCUT2D eigenvalue weighted by molar-refractivity contribution is -0.384. The van der Waals surface area contributed by atoms with Gasteiger partial charge in [0.2, 0.25) is 0 Å². The lowest BCUT2D eigenvalue weighted by Crippen LogP contribution is -2.05. The van der Waals surface area contributed by atoms with Crippen molar-refractivity contribution in [2.75, 3.05) is 0 Å². The zero-order valence-corrected chi connectivity index (χ0v) is 12.0. The molecule has 6 heteroatoms. The highest BCUT2D eigenvalue weighted by molar-refractivity contribution is 5.60. The van der Waals surface area contributed by atoms with Gasteiger partial charge in [0.1, 0.15) is 0 Å². The second-order valence-corrected chi connectivity index (χ2v) is 5.42. The Kier molecular flexibility index (Phi) is 3.39. The van der Waals surface area contributed by atoms with Gasteiger partial charge in [-0.05, 0) is 5.92 Å². The molecule has 0 aliphatic carbocycles. The Labute approximate surface area is 122 Å². The van der Waals surface area contributed by atoms with Gasteiger partial charge in [0.15, 0.2) is 5.82 Å². The zero-order valence-electron chi connectivity index (χ0n) is 12.0. The molecule has 1 N–H and O–H groups in total. The Morgan fingerprint density at radius 3 is 2.81 bits per heavy atom. The third-order valence-electron chi connectivity index (χ3n) is 3.58. The number of nitrogens with zero attached hydrogens (tertiary/aromatic N) is 3. The summed E-state index contributed by atoms with van der Waals surface area (Å²) in [4.78, 5) is 19.7. The van der Waals surface area contributed by atoms with Gasteiger partial charge >= 0.3 is 0 Å². The Hall–Kier alpha value is -2.34. The maximum Gasteiger partial charge on any atom is 0.270 e. The van der Waals surface area contributed by atoms with E-state index in [-0.39, 0.29) is 5.69 Å². The number of rotatable bonds is 3. The first-order valence-electron chi connectivity index (χ1n) is 6.91. The summed E-state index contributed by atoms with van der Waals surface area (Å²) < 4.78 is 0. The molecule has 0 radical (unpaired) electrons. The molecular weight excluding hydrogens is 268 g/mol. The summed E-state index contributed by atoms with van der Waals surface area (Å²) in [5.41, 5.74) is 3.92. The first kappa shape index (κ1) is 13.6.